The van der Waals surface area contributed by atoms with E-state index < -0.39 is 17.7 Å². The standard InChI is InChI=1S/C16H21F2NO/c17-13-3-4-14(15(18)7-13)16(20)9-19-8-12-6-10-1-2-11(12)5-10/h3-4,7,10-12,16,19-20H,1-2,5-6,8-9H2. The fraction of sp³-hybridized carbons (Fsp3) is 0.625. The molecule has 2 fully saturated rings. The fourth-order valence-electron chi connectivity index (χ4n) is 3.91. The molecule has 3 rings (SSSR count). The molecule has 2 bridgehead atoms. The summed E-state index contributed by atoms with van der Waals surface area (Å²) in [5.41, 5.74) is 0.159. The number of benzene rings is 1. The Morgan fingerprint density at radius 2 is 2.10 bits per heavy atom. The molecule has 4 heteroatoms. The molecule has 0 radical (unpaired) electrons. The lowest BCUT2D eigenvalue weighted by Gasteiger charge is -2.22. The first-order valence-corrected chi connectivity index (χ1v) is 7.47. The highest BCUT2D eigenvalue weighted by Gasteiger charge is 2.38. The first-order chi connectivity index (χ1) is 9.63. The van der Waals surface area contributed by atoms with Gasteiger partial charge in [-0.1, -0.05) is 12.5 Å². The molecule has 2 N–H and O–H groups in total. The predicted molar refractivity (Wildman–Crippen MR) is 73.1 cm³/mol. The van der Waals surface area contributed by atoms with E-state index in [1.807, 2.05) is 0 Å². The molecule has 110 valence electrons. The van der Waals surface area contributed by atoms with Gasteiger partial charge in [-0.3, -0.25) is 0 Å². The first-order valence-electron chi connectivity index (χ1n) is 7.47. The maximum absolute atomic E-state index is 13.5. The van der Waals surface area contributed by atoms with Gasteiger partial charge in [-0.2, -0.15) is 0 Å². The summed E-state index contributed by atoms with van der Waals surface area (Å²) in [4.78, 5) is 0. The zero-order valence-corrected chi connectivity index (χ0v) is 11.5. The van der Waals surface area contributed by atoms with E-state index in [4.69, 9.17) is 0 Å². The van der Waals surface area contributed by atoms with Gasteiger partial charge in [-0.25, -0.2) is 8.78 Å². The topological polar surface area (TPSA) is 32.3 Å². The lowest BCUT2D eigenvalue weighted by Crippen LogP contribution is -2.30. The number of hydrogen-bond acceptors (Lipinski definition) is 2. The van der Waals surface area contributed by atoms with Gasteiger partial charge in [0.2, 0.25) is 0 Å². The van der Waals surface area contributed by atoms with Crippen LogP contribution < -0.4 is 5.32 Å². The summed E-state index contributed by atoms with van der Waals surface area (Å²) in [6.45, 7) is 1.21. The number of fused-ring (bicyclic) bond motifs is 2. The van der Waals surface area contributed by atoms with E-state index in [0.717, 1.165) is 24.4 Å². The molecule has 0 aliphatic heterocycles. The molecule has 0 spiro atoms. The van der Waals surface area contributed by atoms with Crippen LogP contribution in [0.2, 0.25) is 0 Å². The zero-order valence-electron chi connectivity index (χ0n) is 11.5. The third-order valence-electron chi connectivity index (χ3n) is 4.95. The third-order valence-corrected chi connectivity index (χ3v) is 4.95. The minimum atomic E-state index is -0.922. The Hall–Kier alpha value is -1.00. The molecule has 1 aromatic rings. The van der Waals surface area contributed by atoms with E-state index in [9.17, 15) is 13.9 Å². The van der Waals surface area contributed by atoms with Crippen LogP contribution in [0.3, 0.4) is 0 Å². The number of rotatable bonds is 5. The van der Waals surface area contributed by atoms with Crippen LogP contribution in [0.25, 0.3) is 0 Å². The van der Waals surface area contributed by atoms with Gasteiger partial charge in [0.1, 0.15) is 11.6 Å². The van der Waals surface area contributed by atoms with Crippen LogP contribution in [0.1, 0.15) is 37.4 Å². The highest BCUT2D eigenvalue weighted by molar-refractivity contribution is 5.21. The summed E-state index contributed by atoms with van der Waals surface area (Å²) in [5.74, 6) is 1.16. The number of halogens is 2. The Kier molecular flexibility index (Phi) is 4.03. The van der Waals surface area contributed by atoms with Crippen molar-refractivity contribution in [2.75, 3.05) is 13.1 Å². The highest BCUT2D eigenvalue weighted by Crippen LogP contribution is 2.47. The van der Waals surface area contributed by atoms with Crippen molar-refractivity contribution >= 4 is 0 Å². The van der Waals surface area contributed by atoms with Crippen molar-refractivity contribution < 1.29 is 13.9 Å². The quantitative estimate of drug-likeness (QED) is 0.869. The van der Waals surface area contributed by atoms with Crippen LogP contribution in [0.15, 0.2) is 18.2 Å². The zero-order chi connectivity index (χ0) is 14.1. The molecular weight excluding hydrogens is 260 g/mol. The Bertz CT molecular complexity index is 480. The summed E-state index contributed by atoms with van der Waals surface area (Å²) in [5, 5.41) is 13.2. The Morgan fingerprint density at radius 3 is 2.75 bits per heavy atom. The summed E-state index contributed by atoms with van der Waals surface area (Å²) in [7, 11) is 0. The maximum atomic E-state index is 13.5. The Morgan fingerprint density at radius 1 is 1.25 bits per heavy atom. The second-order valence-electron chi connectivity index (χ2n) is 6.27. The van der Waals surface area contributed by atoms with Gasteiger partial charge in [-0.05, 0) is 49.6 Å². The van der Waals surface area contributed by atoms with Crippen molar-refractivity contribution in [3.8, 4) is 0 Å². The molecule has 20 heavy (non-hydrogen) atoms. The monoisotopic (exact) mass is 281 g/mol. The van der Waals surface area contributed by atoms with E-state index in [-0.39, 0.29) is 5.56 Å². The SMILES string of the molecule is OC(CNCC1CC2CCC1C2)c1ccc(F)cc1F. The molecule has 1 aromatic carbocycles. The van der Waals surface area contributed by atoms with E-state index in [0.29, 0.717) is 12.5 Å². The molecule has 2 nitrogen and oxygen atoms in total. The largest absolute Gasteiger partial charge is 0.387 e. The van der Waals surface area contributed by atoms with Crippen LogP contribution in [0.4, 0.5) is 8.78 Å². The van der Waals surface area contributed by atoms with E-state index in [1.165, 1.54) is 37.8 Å². The Balaban J connectivity index is 1.48. The average molecular weight is 281 g/mol. The number of aliphatic hydroxyl groups excluding tert-OH is 1. The van der Waals surface area contributed by atoms with Crippen LogP contribution in [-0.4, -0.2) is 18.2 Å². The van der Waals surface area contributed by atoms with Gasteiger partial charge >= 0.3 is 0 Å². The minimum Gasteiger partial charge on any atom is -0.387 e. The van der Waals surface area contributed by atoms with E-state index in [1.54, 1.807) is 0 Å². The first kappa shape index (κ1) is 14.0. The van der Waals surface area contributed by atoms with Gasteiger partial charge in [0, 0.05) is 18.2 Å². The molecule has 2 aliphatic carbocycles. The summed E-state index contributed by atoms with van der Waals surface area (Å²) in [6, 6.07) is 3.31. The van der Waals surface area contributed by atoms with Crippen molar-refractivity contribution in [3.63, 3.8) is 0 Å². The van der Waals surface area contributed by atoms with Crippen molar-refractivity contribution in [1.82, 2.24) is 5.32 Å². The fourth-order valence-corrected chi connectivity index (χ4v) is 3.91. The molecule has 0 heterocycles. The molecule has 2 saturated carbocycles. The van der Waals surface area contributed by atoms with Gasteiger partial charge in [0.05, 0.1) is 6.10 Å². The molecule has 0 amide bonds. The van der Waals surface area contributed by atoms with E-state index in [2.05, 4.69) is 5.32 Å². The van der Waals surface area contributed by atoms with Gasteiger partial charge in [0.25, 0.3) is 0 Å². The maximum Gasteiger partial charge on any atom is 0.131 e. The van der Waals surface area contributed by atoms with Crippen LogP contribution in [0.5, 0.6) is 0 Å². The number of hydrogen-bond donors (Lipinski definition) is 2. The van der Waals surface area contributed by atoms with E-state index >= 15 is 0 Å². The smallest absolute Gasteiger partial charge is 0.131 e. The van der Waals surface area contributed by atoms with Crippen LogP contribution in [0, 0.1) is 29.4 Å². The van der Waals surface area contributed by atoms with Crippen molar-refractivity contribution in [3.05, 3.63) is 35.4 Å². The third kappa shape index (κ3) is 2.86. The van der Waals surface area contributed by atoms with Gasteiger partial charge in [-0.15, -0.1) is 0 Å². The minimum absolute atomic E-state index is 0.159. The molecule has 0 saturated heterocycles. The molecule has 4 atom stereocenters. The lowest BCUT2D eigenvalue weighted by atomic mass is 9.89. The normalized spacial score (nSPS) is 29.9. The number of aliphatic hydroxyl groups is 1. The van der Waals surface area contributed by atoms with Gasteiger partial charge in [0.15, 0.2) is 0 Å². The van der Waals surface area contributed by atoms with Crippen molar-refractivity contribution in [2.24, 2.45) is 17.8 Å². The predicted octanol–water partition coefficient (Wildman–Crippen LogP) is 3.02. The lowest BCUT2D eigenvalue weighted by molar-refractivity contribution is 0.165. The van der Waals surface area contributed by atoms with Crippen molar-refractivity contribution in [2.45, 2.75) is 31.8 Å². The molecule has 2 aliphatic rings. The van der Waals surface area contributed by atoms with Crippen LogP contribution >= 0.6 is 0 Å². The second kappa shape index (κ2) is 5.78. The van der Waals surface area contributed by atoms with Gasteiger partial charge < -0.3 is 10.4 Å². The number of nitrogens with one attached hydrogen (secondary N) is 1. The summed E-state index contributed by atoms with van der Waals surface area (Å²) >= 11 is 0. The molecule has 4 unspecified atom stereocenters. The highest BCUT2D eigenvalue weighted by atomic mass is 19.1. The molecular formula is C16H21F2NO. The average Bonchev–Trinajstić information content (AvgIpc) is 3.00. The molecule has 0 aromatic heterocycles. The van der Waals surface area contributed by atoms with Crippen LogP contribution in [-0.2, 0) is 0 Å². The summed E-state index contributed by atoms with van der Waals surface area (Å²) < 4.78 is 26.3. The Labute approximate surface area is 118 Å². The second-order valence-corrected chi connectivity index (χ2v) is 6.27. The van der Waals surface area contributed by atoms with Crippen molar-refractivity contribution in [1.29, 1.82) is 0 Å². The summed E-state index contributed by atoms with van der Waals surface area (Å²) in [6.07, 6.45) is 4.45.